The molecule has 1 heterocycles. The molecule has 1 aromatic carbocycles. The van der Waals surface area contributed by atoms with Crippen LogP contribution in [-0.2, 0) is 0 Å². The zero-order valence-electron chi connectivity index (χ0n) is 10.6. The molecule has 0 unspecified atom stereocenters. The van der Waals surface area contributed by atoms with Crippen LogP contribution in [0.25, 0.3) is 0 Å². The summed E-state index contributed by atoms with van der Waals surface area (Å²) >= 11 is 2.99. The van der Waals surface area contributed by atoms with Gasteiger partial charge in [-0.25, -0.2) is 8.78 Å². The van der Waals surface area contributed by atoms with E-state index in [1.807, 2.05) is 6.07 Å². The van der Waals surface area contributed by atoms with E-state index in [2.05, 4.69) is 31.4 Å². The van der Waals surface area contributed by atoms with Gasteiger partial charge in [0.15, 0.2) is 17.5 Å². The van der Waals surface area contributed by atoms with E-state index < -0.39 is 11.6 Å². The van der Waals surface area contributed by atoms with Gasteiger partial charge in [-0.15, -0.1) is 5.10 Å². The van der Waals surface area contributed by atoms with Crippen LogP contribution < -0.4 is 5.32 Å². The first kappa shape index (κ1) is 14.3. The number of hydrogen-bond donors (Lipinski definition) is 1. The third-order valence-corrected chi connectivity index (χ3v) is 3.27. The van der Waals surface area contributed by atoms with Crippen molar-refractivity contribution in [3.63, 3.8) is 0 Å². The summed E-state index contributed by atoms with van der Waals surface area (Å²) < 4.78 is 27.8. The lowest BCUT2D eigenvalue weighted by molar-refractivity contribution is 0.589. The summed E-state index contributed by atoms with van der Waals surface area (Å²) in [5, 5.41) is 19.2. The summed E-state index contributed by atoms with van der Waals surface area (Å²) in [5.41, 5.74) is 1.04. The standard InChI is InChI=1S/C13H9BrF2N4/c1-6-7(2)19-20-13(9(6)5-17)18-12-10(15)3-8(14)4-11(12)16/h3-4H,1-2H3,(H,18,20). The first-order valence-electron chi connectivity index (χ1n) is 5.59. The molecule has 0 atom stereocenters. The minimum atomic E-state index is -0.791. The topological polar surface area (TPSA) is 61.6 Å². The van der Waals surface area contributed by atoms with E-state index in [9.17, 15) is 8.78 Å². The van der Waals surface area contributed by atoms with Crippen molar-refractivity contribution >= 4 is 27.4 Å². The van der Waals surface area contributed by atoms with Gasteiger partial charge in [-0.1, -0.05) is 15.9 Å². The first-order valence-corrected chi connectivity index (χ1v) is 6.39. The second kappa shape index (κ2) is 5.51. The number of nitrogens with zero attached hydrogens (tertiary/aromatic N) is 3. The highest BCUT2D eigenvalue weighted by atomic mass is 79.9. The predicted octanol–water partition coefficient (Wildman–Crippen LogP) is 3.75. The number of halogens is 3. The van der Waals surface area contributed by atoms with Crippen LogP contribution in [-0.4, -0.2) is 10.2 Å². The molecular formula is C13H9BrF2N4. The van der Waals surface area contributed by atoms with Crippen molar-refractivity contribution in [1.29, 1.82) is 5.26 Å². The van der Waals surface area contributed by atoms with Gasteiger partial charge in [-0.05, 0) is 31.5 Å². The molecule has 7 heteroatoms. The zero-order valence-corrected chi connectivity index (χ0v) is 12.2. The maximum absolute atomic E-state index is 13.7. The third-order valence-electron chi connectivity index (χ3n) is 2.82. The number of anilines is 2. The van der Waals surface area contributed by atoms with Gasteiger partial charge in [0.2, 0.25) is 0 Å². The van der Waals surface area contributed by atoms with Crippen LogP contribution in [0.3, 0.4) is 0 Å². The molecule has 0 aliphatic carbocycles. The molecular weight excluding hydrogens is 330 g/mol. The molecule has 0 fully saturated rings. The summed E-state index contributed by atoms with van der Waals surface area (Å²) in [6, 6.07) is 4.19. The van der Waals surface area contributed by atoms with Crippen molar-refractivity contribution in [3.05, 3.63) is 45.1 Å². The predicted molar refractivity (Wildman–Crippen MR) is 73.6 cm³/mol. The lowest BCUT2D eigenvalue weighted by Crippen LogP contribution is -2.06. The van der Waals surface area contributed by atoms with E-state index in [1.165, 1.54) is 0 Å². The van der Waals surface area contributed by atoms with Gasteiger partial charge in [0.1, 0.15) is 17.3 Å². The average molecular weight is 339 g/mol. The van der Waals surface area contributed by atoms with Crippen LogP contribution >= 0.6 is 15.9 Å². The molecule has 0 bridgehead atoms. The van der Waals surface area contributed by atoms with Gasteiger partial charge in [0.25, 0.3) is 0 Å². The normalized spacial score (nSPS) is 10.2. The Labute approximate surface area is 122 Å². The van der Waals surface area contributed by atoms with Crippen molar-refractivity contribution in [2.24, 2.45) is 0 Å². The van der Waals surface area contributed by atoms with Crippen molar-refractivity contribution in [2.75, 3.05) is 5.32 Å². The number of hydrogen-bond acceptors (Lipinski definition) is 4. The van der Waals surface area contributed by atoms with E-state index in [0.29, 0.717) is 11.3 Å². The van der Waals surface area contributed by atoms with Gasteiger partial charge in [-0.2, -0.15) is 10.4 Å². The Kier molecular flexibility index (Phi) is 3.95. The summed E-state index contributed by atoms with van der Waals surface area (Å²) in [6.45, 7) is 3.40. The number of nitrogens with one attached hydrogen (secondary N) is 1. The highest BCUT2D eigenvalue weighted by Gasteiger charge is 2.16. The molecule has 0 radical (unpaired) electrons. The number of benzene rings is 1. The maximum atomic E-state index is 13.7. The average Bonchev–Trinajstić information content (AvgIpc) is 2.38. The van der Waals surface area contributed by atoms with Crippen LogP contribution in [0.5, 0.6) is 0 Å². The molecule has 0 saturated heterocycles. The Bertz CT molecular complexity index is 702. The van der Waals surface area contributed by atoms with Gasteiger partial charge < -0.3 is 5.32 Å². The Morgan fingerprint density at radius 3 is 2.35 bits per heavy atom. The summed E-state index contributed by atoms with van der Waals surface area (Å²) in [6.07, 6.45) is 0. The molecule has 1 aromatic heterocycles. The Hall–Kier alpha value is -2.07. The minimum absolute atomic E-state index is 0.0238. The van der Waals surface area contributed by atoms with Crippen molar-refractivity contribution in [3.8, 4) is 6.07 Å². The fourth-order valence-corrected chi connectivity index (χ4v) is 2.01. The van der Waals surface area contributed by atoms with E-state index in [1.54, 1.807) is 13.8 Å². The number of aromatic nitrogens is 2. The third kappa shape index (κ3) is 2.60. The van der Waals surface area contributed by atoms with E-state index >= 15 is 0 Å². The second-order valence-corrected chi connectivity index (χ2v) is 5.03. The molecule has 102 valence electrons. The van der Waals surface area contributed by atoms with Crippen molar-refractivity contribution in [1.82, 2.24) is 10.2 Å². The monoisotopic (exact) mass is 338 g/mol. The molecule has 0 amide bonds. The molecule has 1 N–H and O–H groups in total. The fraction of sp³-hybridized carbons (Fsp3) is 0.154. The molecule has 0 saturated carbocycles. The lowest BCUT2D eigenvalue weighted by Gasteiger charge is -2.11. The summed E-state index contributed by atoms with van der Waals surface area (Å²) in [5.74, 6) is -1.56. The molecule has 20 heavy (non-hydrogen) atoms. The van der Waals surface area contributed by atoms with Crippen LogP contribution in [0.2, 0.25) is 0 Å². The van der Waals surface area contributed by atoms with Crippen molar-refractivity contribution in [2.45, 2.75) is 13.8 Å². The SMILES string of the molecule is Cc1nnc(Nc2c(F)cc(Br)cc2F)c(C#N)c1C. The van der Waals surface area contributed by atoms with E-state index in [4.69, 9.17) is 5.26 Å². The largest absolute Gasteiger partial charge is 0.333 e. The highest BCUT2D eigenvalue weighted by Crippen LogP contribution is 2.28. The van der Waals surface area contributed by atoms with Crippen molar-refractivity contribution < 1.29 is 8.78 Å². The van der Waals surface area contributed by atoms with Gasteiger partial charge >= 0.3 is 0 Å². The number of aryl methyl sites for hydroxylation is 1. The first-order chi connectivity index (χ1) is 9.43. The molecule has 0 aliphatic rings. The number of nitriles is 1. The number of rotatable bonds is 2. The summed E-state index contributed by atoms with van der Waals surface area (Å²) in [7, 11) is 0. The van der Waals surface area contributed by atoms with Gasteiger partial charge in [-0.3, -0.25) is 0 Å². The smallest absolute Gasteiger partial charge is 0.171 e. The van der Waals surface area contributed by atoms with E-state index in [0.717, 1.165) is 12.1 Å². The van der Waals surface area contributed by atoms with Crippen LogP contribution in [0, 0.1) is 36.8 Å². The maximum Gasteiger partial charge on any atom is 0.171 e. The second-order valence-electron chi connectivity index (χ2n) is 4.12. The van der Waals surface area contributed by atoms with Gasteiger partial charge in [0.05, 0.1) is 5.69 Å². The molecule has 0 spiro atoms. The highest BCUT2D eigenvalue weighted by molar-refractivity contribution is 9.10. The quantitative estimate of drug-likeness (QED) is 0.905. The Morgan fingerprint density at radius 2 is 1.80 bits per heavy atom. The molecule has 4 nitrogen and oxygen atoms in total. The van der Waals surface area contributed by atoms with Crippen LogP contribution in [0.4, 0.5) is 20.3 Å². The zero-order chi connectivity index (χ0) is 14.9. The molecule has 2 rings (SSSR count). The Balaban J connectivity index is 2.52. The minimum Gasteiger partial charge on any atom is -0.333 e. The van der Waals surface area contributed by atoms with Crippen LogP contribution in [0.15, 0.2) is 16.6 Å². The molecule has 2 aromatic rings. The van der Waals surface area contributed by atoms with Gasteiger partial charge in [0, 0.05) is 4.47 Å². The Morgan fingerprint density at radius 1 is 1.20 bits per heavy atom. The lowest BCUT2D eigenvalue weighted by atomic mass is 10.1. The van der Waals surface area contributed by atoms with E-state index in [-0.39, 0.29) is 21.5 Å². The van der Waals surface area contributed by atoms with Crippen LogP contribution in [0.1, 0.15) is 16.8 Å². The summed E-state index contributed by atoms with van der Waals surface area (Å²) in [4.78, 5) is 0. The molecule has 0 aliphatic heterocycles. The fourth-order valence-electron chi connectivity index (χ4n) is 1.61.